The van der Waals surface area contributed by atoms with Crippen LogP contribution in [-0.4, -0.2) is 16.8 Å². The number of benzene rings is 2. The van der Waals surface area contributed by atoms with Gasteiger partial charge in [0, 0.05) is 24.0 Å². The number of carbonyl (C=O) groups is 2. The predicted octanol–water partition coefficient (Wildman–Crippen LogP) is 3.88. The molecule has 27 heavy (non-hydrogen) atoms. The van der Waals surface area contributed by atoms with Crippen molar-refractivity contribution in [2.45, 2.75) is 20.4 Å². The molecule has 5 nitrogen and oxygen atoms in total. The second kappa shape index (κ2) is 8.27. The average molecular weight is 359 g/mol. The minimum Gasteiger partial charge on any atom is -0.348 e. The van der Waals surface area contributed by atoms with Crippen LogP contribution < -0.4 is 10.6 Å². The van der Waals surface area contributed by atoms with E-state index in [1.165, 1.54) is 12.3 Å². The van der Waals surface area contributed by atoms with Crippen LogP contribution in [-0.2, 0) is 6.54 Å². The van der Waals surface area contributed by atoms with Crippen molar-refractivity contribution in [1.82, 2.24) is 10.3 Å². The van der Waals surface area contributed by atoms with E-state index in [1.54, 1.807) is 6.07 Å². The van der Waals surface area contributed by atoms with Gasteiger partial charge in [-0.1, -0.05) is 42.5 Å². The molecule has 0 radical (unpaired) electrons. The lowest BCUT2D eigenvalue weighted by Crippen LogP contribution is -2.23. The lowest BCUT2D eigenvalue weighted by molar-refractivity contribution is 0.0951. The van der Waals surface area contributed by atoms with Gasteiger partial charge in [-0.2, -0.15) is 0 Å². The third-order valence-electron chi connectivity index (χ3n) is 4.19. The summed E-state index contributed by atoms with van der Waals surface area (Å²) in [4.78, 5) is 29.0. The zero-order valence-electron chi connectivity index (χ0n) is 15.3. The predicted molar refractivity (Wildman–Crippen MR) is 106 cm³/mol. The molecule has 3 aromatic rings. The number of aromatic nitrogens is 1. The minimum absolute atomic E-state index is 0.197. The molecule has 0 atom stereocenters. The second-order valence-corrected chi connectivity index (χ2v) is 6.37. The van der Waals surface area contributed by atoms with E-state index in [4.69, 9.17) is 0 Å². The van der Waals surface area contributed by atoms with E-state index in [0.29, 0.717) is 12.1 Å². The maximum Gasteiger partial charge on any atom is 0.274 e. The molecule has 0 spiro atoms. The number of nitrogens with one attached hydrogen (secondary N) is 2. The highest BCUT2D eigenvalue weighted by Gasteiger charge is 2.13. The van der Waals surface area contributed by atoms with Crippen LogP contribution in [0.4, 0.5) is 5.69 Å². The number of hydrogen-bond acceptors (Lipinski definition) is 3. The van der Waals surface area contributed by atoms with Gasteiger partial charge in [0.15, 0.2) is 0 Å². The van der Waals surface area contributed by atoms with Gasteiger partial charge < -0.3 is 10.6 Å². The van der Waals surface area contributed by atoms with Gasteiger partial charge in [-0.25, -0.2) is 0 Å². The van der Waals surface area contributed by atoms with Crippen LogP contribution in [0.2, 0.25) is 0 Å². The Morgan fingerprint density at radius 2 is 1.70 bits per heavy atom. The van der Waals surface area contributed by atoms with Crippen molar-refractivity contribution < 1.29 is 9.59 Å². The van der Waals surface area contributed by atoms with Crippen molar-refractivity contribution in [2.24, 2.45) is 0 Å². The van der Waals surface area contributed by atoms with Gasteiger partial charge in [-0.05, 0) is 48.7 Å². The van der Waals surface area contributed by atoms with Gasteiger partial charge in [0.05, 0.1) is 0 Å². The summed E-state index contributed by atoms with van der Waals surface area (Å²) in [5, 5.41) is 5.71. The number of rotatable bonds is 5. The number of carbonyl (C=O) groups excluding carboxylic acids is 2. The molecule has 2 amide bonds. The number of amides is 2. The summed E-state index contributed by atoms with van der Waals surface area (Å²) in [6, 6.07) is 18.6. The Bertz CT molecular complexity index is 968. The summed E-state index contributed by atoms with van der Waals surface area (Å²) in [6.07, 6.45) is 1.47. The highest BCUT2D eigenvalue weighted by atomic mass is 16.2. The highest BCUT2D eigenvalue weighted by Crippen LogP contribution is 2.17. The molecule has 3 rings (SSSR count). The van der Waals surface area contributed by atoms with E-state index in [0.717, 1.165) is 22.4 Å². The molecule has 2 aromatic carbocycles. The van der Waals surface area contributed by atoms with Crippen LogP contribution in [0.15, 0.2) is 66.9 Å². The fourth-order valence-electron chi connectivity index (χ4n) is 2.63. The van der Waals surface area contributed by atoms with Crippen molar-refractivity contribution in [3.63, 3.8) is 0 Å². The van der Waals surface area contributed by atoms with Crippen molar-refractivity contribution >= 4 is 17.5 Å². The van der Waals surface area contributed by atoms with E-state index < -0.39 is 0 Å². The third kappa shape index (κ3) is 4.79. The van der Waals surface area contributed by atoms with Gasteiger partial charge in [0.2, 0.25) is 0 Å². The van der Waals surface area contributed by atoms with E-state index in [9.17, 15) is 9.59 Å². The lowest BCUT2D eigenvalue weighted by atomic mass is 10.1. The van der Waals surface area contributed by atoms with Crippen LogP contribution in [0.5, 0.6) is 0 Å². The highest BCUT2D eigenvalue weighted by molar-refractivity contribution is 6.05. The van der Waals surface area contributed by atoms with Crippen molar-refractivity contribution in [2.75, 3.05) is 5.32 Å². The van der Waals surface area contributed by atoms with Crippen molar-refractivity contribution in [3.05, 3.63) is 94.8 Å². The second-order valence-electron chi connectivity index (χ2n) is 6.37. The molecule has 0 aliphatic heterocycles. The molecule has 0 aliphatic carbocycles. The third-order valence-corrected chi connectivity index (χ3v) is 4.19. The first-order chi connectivity index (χ1) is 13.0. The van der Waals surface area contributed by atoms with E-state index in [2.05, 4.69) is 15.6 Å². The first kappa shape index (κ1) is 18.3. The standard InChI is InChI=1S/C22H21N3O2/c1-15-8-9-16(2)19(12-15)25-22(27)20-13-18(10-11-23-20)21(26)24-14-17-6-4-3-5-7-17/h3-13H,14H2,1-2H3,(H,24,26)(H,25,27). The van der Waals surface area contributed by atoms with Crippen molar-refractivity contribution in [3.8, 4) is 0 Å². The topological polar surface area (TPSA) is 71.1 Å². The van der Waals surface area contributed by atoms with Gasteiger partial charge >= 0.3 is 0 Å². The fraction of sp³-hybridized carbons (Fsp3) is 0.136. The van der Waals surface area contributed by atoms with Crippen LogP contribution >= 0.6 is 0 Å². The van der Waals surface area contributed by atoms with Crippen molar-refractivity contribution in [1.29, 1.82) is 0 Å². The summed E-state index contributed by atoms with van der Waals surface area (Å²) in [6.45, 7) is 4.31. The number of pyridine rings is 1. The van der Waals surface area contributed by atoms with Gasteiger partial charge in [0.1, 0.15) is 5.69 Å². The maximum absolute atomic E-state index is 12.5. The molecule has 1 aromatic heterocycles. The summed E-state index contributed by atoms with van der Waals surface area (Å²) < 4.78 is 0. The number of hydrogen-bond donors (Lipinski definition) is 2. The molecular weight excluding hydrogens is 338 g/mol. The Morgan fingerprint density at radius 3 is 2.48 bits per heavy atom. The monoisotopic (exact) mass is 359 g/mol. The Hall–Kier alpha value is -3.47. The molecule has 2 N–H and O–H groups in total. The Morgan fingerprint density at radius 1 is 0.926 bits per heavy atom. The Balaban J connectivity index is 1.69. The zero-order valence-corrected chi connectivity index (χ0v) is 15.3. The molecule has 5 heteroatoms. The largest absolute Gasteiger partial charge is 0.348 e. The fourth-order valence-corrected chi connectivity index (χ4v) is 2.63. The molecule has 136 valence electrons. The zero-order chi connectivity index (χ0) is 19.2. The molecule has 0 bridgehead atoms. The average Bonchev–Trinajstić information content (AvgIpc) is 2.69. The summed E-state index contributed by atoms with van der Waals surface area (Å²) in [7, 11) is 0. The van der Waals surface area contributed by atoms with Gasteiger partial charge in [0.25, 0.3) is 11.8 Å². The smallest absolute Gasteiger partial charge is 0.274 e. The molecule has 0 fully saturated rings. The van der Waals surface area contributed by atoms with Crippen LogP contribution in [0.1, 0.15) is 37.5 Å². The van der Waals surface area contributed by atoms with Crippen LogP contribution in [0, 0.1) is 13.8 Å². The van der Waals surface area contributed by atoms with E-state index >= 15 is 0 Å². The Labute approximate surface area is 158 Å². The quantitative estimate of drug-likeness (QED) is 0.726. The minimum atomic E-state index is -0.346. The number of anilines is 1. The molecule has 0 saturated carbocycles. The number of aryl methyl sites for hydroxylation is 2. The summed E-state index contributed by atoms with van der Waals surface area (Å²) in [5.41, 5.74) is 4.35. The maximum atomic E-state index is 12.5. The van der Waals surface area contributed by atoms with E-state index in [1.807, 2.05) is 62.4 Å². The summed E-state index contributed by atoms with van der Waals surface area (Å²) in [5.74, 6) is -0.594. The lowest BCUT2D eigenvalue weighted by Gasteiger charge is -2.10. The summed E-state index contributed by atoms with van der Waals surface area (Å²) >= 11 is 0. The molecule has 0 saturated heterocycles. The molecule has 0 unspecified atom stereocenters. The molecule has 1 heterocycles. The first-order valence-electron chi connectivity index (χ1n) is 8.70. The SMILES string of the molecule is Cc1ccc(C)c(NC(=O)c2cc(C(=O)NCc3ccccc3)ccn2)c1. The van der Waals surface area contributed by atoms with Gasteiger partial charge in [-0.15, -0.1) is 0 Å². The van der Waals surface area contributed by atoms with Crippen LogP contribution in [0.25, 0.3) is 0 Å². The normalized spacial score (nSPS) is 10.3. The molecule has 0 aliphatic rings. The number of nitrogens with zero attached hydrogens (tertiary/aromatic N) is 1. The first-order valence-corrected chi connectivity index (χ1v) is 8.70. The van der Waals surface area contributed by atoms with E-state index in [-0.39, 0.29) is 17.5 Å². The Kier molecular flexibility index (Phi) is 5.61. The molecular formula is C22H21N3O2. The van der Waals surface area contributed by atoms with Gasteiger partial charge in [-0.3, -0.25) is 14.6 Å². The van der Waals surface area contributed by atoms with Crippen LogP contribution in [0.3, 0.4) is 0 Å².